The molecule has 9 heteroatoms. The van der Waals surface area contributed by atoms with Gasteiger partial charge in [-0.1, -0.05) is 11.6 Å². The van der Waals surface area contributed by atoms with E-state index in [0.29, 0.717) is 5.82 Å². The van der Waals surface area contributed by atoms with E-state index in [1.54, 1.807) is 25.7 Å². The molecule has 23 heavy (non-hydrogen) atoms. The summed E-state index contributed by atoms with van der Waals surface area (Å²) in [6.45, 7) is 5.52. The average molecular weight is 349 g/mol. The van der Waals surface area contributed by atoms with E-state index >= 15 is 0 Å². The van der Waals surface area contributed by atoms with Gasteiger partial charge in [0.05, 0.1) is 6.20 Å². The third-order valence-electron chi connectivity index (χ3n) is 3.14. The van der Waals surface area contributed by atoms with Crippen LogP contribution in [0, 0.1) is 0 Å². The fourth-order valence-electron chi connectivity index (χ4n) is 2.09. The second-order valence-electron chi connectivity index (χ2n) is 6.34. The fraction of sp³-hybridized carbons (Fsp3) is 0.643. The summed E-state index contributed by atoms with van der Waals surface area (Å²) in [7, 11) is 0. The summed E-state index contributed by atoms with van der Waals surface area (Å²) in [5.41, 5.74) is -0.639. The molecule has 2 heterocycles. The topological polar surface area (TPSA) is 67.3 Å². The van der Waals surface area contributed by atoms with Gasteiger partial charge in [-0.05, 0) is 20.8 Å². The molecule has 0 atom stereocenters. The first-order valence-electron chi connectivity index (χ1n) is 7.21. The summed E-state index contributed by atoms with van der Waals surface area (Å²) in [5, 5.41) is 2.47. The molecule has 2 rings (SSSR count). The first kappa shape index (κ1) is 17.7. The molecule has 0 aromatic carbocycles. The van der Waals surface area contributed by atoms with Crippen LogP contribution in [0.15, 0.2) is 6.20 Å². The minimum absolute atomic E-state index is 0.0452. The number of carbonyl (C=O) groups is 1. The zero-order chi connectivity index (χ0) is 17.3. The highest BCUT2D eigenvalue weighted by atomic mass is 35.5. The van der Waals surface area contributed by atoms with Crippen LogP contribution in [0.5, 0.6) is 0 Å². The number of hydrogen-bond donors (Lipinski definition) is 1. The second kappa shape index (κ2) is 6.43. The second-order valence-corrected chi connectivity index (χ2v) is 6.70. The number of carbonyl (C=O) groups excluding carboxylic acids is 1. The van der Waals surface area contributed by atoms with Gasteiger partial charge in [-0.25, -0.2) is 23.5 Å². The van der Waals surface area contributed by atoms with Gasteiger partial charge in [0.2, 0.25) is 0 Å². The lowest BCUT2D eigenvalue weighted by Gasteiger charge is -2.32. The first-order chi connectivity index (χ1) is 10.6. The Kier molecular flexibility index (Phi) is 4.93. The Labute approximate surface area is 138 Å². The zero-order valence-corrected chi connectivity index (χ0v) is 14.0. The number of anilines is 2. The lowest BCUT2D eigenvalue weighted by Crippen LogP contribution is -2.40. The minimum Gasteiger partial charge on any atom is -0.444 e. The van der Waals surface area contributed by atoms with Crippen LogP contribution in [0.1, 0.15) is 33.6 Å². The SMILES string of the molecule is CC(C)(C)OC(=O)Nc1cnc(N2CCC(F)(F)CC2)c(Cl)n1. The summed E-state index contributed by atoms with van der Waals surface area (Å²) < 4.78 is 31.5. The van der Waals surface area contributed by atoms with Crippen molar-refractivity contribution in [1.29, 1.82) is 0 Å². The van der Waals surface area contributed by atoms with Gasteiger partial charge in [-0.3, -0.25) is 5.32 Å². The summed E-state index contributed by atoms with van der Waals surface area (Å²) in [5.74, 6) is -2.18. The van der Waals surface area contributed by atoms with Crippen LogP contribution in [-0.4, -0.2) is 40.7 Å². The molecule has 0 bridgehead atoms. The van der Waals surface area contributed by atoms with Gasteiger partial charge in [0.15, 0.2) is 16.8 Å². The van der Waals surface area contributed by atoms with Crippen molar-refractivity contribution in [2.24, 2.45) is 0 Å². The molecular weight excluding hydrogens is 330 g/mol. The molecule has 1 fully saturated rings. The van der Waals surface area contributed by atoms with Crippen molar-refractivity contribution in [2.45, 2.75) is 45.1 Å². The number of hydrogen-bond acceptors (Lipinski definition) is 5. The molecule has 0 unspecified atom stereocenters. The summed E-state index contributed by atoms with van der Waals surface area (Å²) >= 11 is 6.06. The standard InChI is InChI=1S/C14H19ClF2N4O2/c1-13(2,3)23-12(22)20-9-8-18-11(10(15)19-9)21-6-4-14(16,17)5-7-21/h8H,4-7H2,1-3H3,(H,19,20,22). The van der Waals surface area contributed by atoms with Crippen molar-refractivity contribution in [1.82, 2.24) is 9.97 Å². The van der Waals surface area contributed by atoms with Crippen molar-refractivity contribution >= 4 is 29.3 Å². The molecule has 0 spiro atoms. The van der Waals surface area contributed by atoms with E-state index in [1.807, 2.05) is 0 Å². The molecule has 1 aromatic heterocycles. The maximum absolute atomic E-state index is 13.2. The van der Waals surface area contributed by atoms with Crippen molar-refractivity contribution in [2.75, 3.05) is 23.3 Å². The largest absolute Gasteiger partial charge is 0.444 e. The zero-order valence-electron chi connectivity index (χ0n) is 13.2. The van der Waals surface area contributed by atoms with E-state index in [-0.39, 0.29) is 36.9 Å². The van der Waals surface area contributed by atoms with Crippen molar-refractivity contribution in [3.63, 3.8) is 0 Å². The highest BCUT2D eigenvalue weighted by Crippen LogP contribution is 2.32. The Hall–Kier alpha value is -1.70. The Morgan fingerprint density at radius 3 is 2.52 bits per heavy atom. The van der Waals surface area contributed by atoms with Gasteiger partial charge < -0.3 is 9.64 Å². The highest BCUT2D eigenvalue weighted by molar-refractivity contribution is 6.31. The molecule has 1 aliphatic heterocycles. The Balaban J connectivity index is 2.02. The fourth-order valence-corrected chi connectivity index (χ4v) is 2.35. The van der Waals surface area contributed by atoms with E-state index in [2.05, 4.69) is 15.3 Å². The van der Waals surface area contributed by atoms with Crippen LogP contribution in [0.25, 0.3) is 0 Å². The third-order valence-corrected chi connectivity index (χ3v) is 3.39. The molecule has 0 aliphatic carbocycles. The number of rotatable bonds is 2. The summed E-state index contributed by atoms with van der Waals surface area (Å²) in [6.07, 6.45) is 0.150. The van der Waals surface area contributed by atoms with Gasteiger partial charge in [-0.2, -0.15) is 0 Å². The number of halogens is 3. The molecule has 128 valence electrons. The number of aromatic nitrogens is 2. The maximum Gasteiger partial charge on any atom is 0.413 e. The van der Waals surface area contributed by atoms with E-state index < -0.39 is 17.6 Å². The van der Waals surface area contributed by atoms with Crippen molar-refractivity contribution in [3.8, 4) is 0 Å². The van der Waals surface area contributed by atoms with Crippen LogP contribution < -0.4 is 10.2 Å². The molecule has 6 nitrogen and oxygen atoms in total. The van der Waals surface area contributed by atoms with Crippen LogP contribution in [0.3, 0.4) is 0 Å². The molecule has 1 aromatic rings. The van der Waals surface area contributed by atoms with E-state index in [9.17, 15) is 13.6 Å². The summed E-state index contributed by atoms with van der Waals surface area (Å²) in [4.78, 5) is 21.4. The predicted molar refractivity (Wildman–Crippen MR) is 83.3 cm³/mol. The number of nitrogens with one attached hydrogen (secondary N) is 1. The van der Waals surface area contributed by atoms with Crippen LogP contribution >= 0.6 is 11.6 Å². The van der Waals surface area contributed by atoms with E-state index in [1.165, 1.54) is 6.20 Å². The first-order valence-corrected chi connectivity index (χ1v) is 7.59. The Bertz CT molecular complexity index is 583. The highest BCUT2D eigenvalue weighted by Gasteiger charge is 2.35. The Morgan fingerprint density at radius 1 is 1.39 bits per heavy atom. The normalized spacial score (nSPS) is 17.7. The molecule has 0 radical (unpaired) electrons. The number of nitrogens with zero attached hydrogens (tertiary/aromatic N) is 3. The average Bonchev–Trinajstić information content (AvgIpc) is 2.37. The van der Waals surface area contributed by atoms with Gasteiger partial charge in [-0.15, -0.1) is 0 Å². The smallest absolute Gasteiger partial charge is 0.413 e. The van der Waals surface area contributed by atoms with E-state index in [4.69, 9.17) is 16.3 Å². The van der Waals surface area contributed by atoms with Crippen LogP contribution in [0.2, 0.25) is 5.15 Å². The van der Waals surface area contributed by atoms with Crippen LogP contribution in [0.4, 0.5) is 25.2 Å². The van der Waals surface area contributed by atoms with Crippen LogP contribution in [-0.2, 0) is 4.74 Å². The quantitative estimate of drug-likeness (QED) is 0.882. The Morgan fingerprint density at radius 2 is 2.00 bits per heavy atom. The maximum atomic E-state index is 13.2. The molecule has 1 N–H and O–H groups in total. The van der Waals surface area contributed by atoms with Gasteiger partial charge in [0.25, 0.3) is 5.92 Å². The monoisotopic (exact) mass is 348 g/mol. The molecule has 0 saturated carbocycles. The number of alkyl halides is 2. The van der Waals surface area contributed by atoms with Gasteiger partial charge >= 0.3 is 6.09 Å². The molecular formula is C14H19ClF2N4O2. The van der Waals surface area contributed by atoms with Crippen molar-refractivity contribution < 1.29 is 18.3 Å². The number of piperidine rings is 1. The van der Waals surface area contributed by atoms with Gasteiger partial charge in [0.1, 0.15) is 5.60 Å². The van der Waals surface area contributed by atoms with Crippen molar-refractivity contribution in [3.05, 3.63) is 11.3 Å². The molecule has 1 aliphatic rings. The lowest BCUT2D eigenvalue weighted by molar-refractivity contribution is -0.0221. The molecule has 1 saturated heterocycles. The lowest BCUT2D eigenvalue weighted by atomic mass is 10.1. The number of amides is 1. The summed E-state index contributed by atoms with van der Waals surface area (Å²) in [6, 6.07) is 0. The van der Waals surface area contributed by atoms with Gasteiger partial charge in [0, 0.05) is 25.9 Å². The third kappa shape index (κ3) is 5.16. The predicted octanol–water partition coefficient (Wildman–Crippen LogP) is 3.71. The number of ether oxygens (including phenoxy) is 1. The minimum atomic E-state index is -2.64. The van der Waals surface area contributed by atoms with E-state index in [0.717, 1.165) is 0 Å². The molecule has 1 amide bonds.